The number of rotatable bonds is 7. The summed E-state index contributed by atoms with van der Waals surface area (Å²) in [4.78, 5) is 12.3. The summed E-state index contributed by atoms with van der Waals surface area (Å²) >= 11 is 0. The maximum absolute atomic E-state index is 13.4. The minimum absolute atomic E-state index is 0.0126. The van der Waals surface area contributed by atoms with Crippen LogP contribution < -0.4 is 5.69 Å². The summed E-state index contributed by atoms with van der Waals surface area (Å²) in [6, 6.07) is 12.9. The van der Waals surface area contributed by atoms with Gasteiger partial charge in [-0.05, 0) is 61.9 Å². The molecule has 1 saturated carbocycles. The first kappa shape index (κ1) is 28.4. The average molecular weight is 553 g/mol. The van der Waals surface area contributed by atoms with Crippen LogP contribution in [0.3, 0.4) is 0 Å². The molecule has 0 unspecified atom stereocenters. The molecule has 0 spiro atoms. The third-order valence-electron chi connectivity index (χ3n) is 7.68. The van der Waals surface area contributed by atoms with Gasteiger partial charge in [0.05, 0.1) is 41.9 Å². The van der Waals surface area contributed by atoms with Crippen molar-refractivity contribution < 1.29 is 31.1 Å². The summed E-state index contributed by atoms with van der Waals surface area (Å²) in [7, 11) is 0. The van der Waals surface area contributed by atoms with Crippen molar-refractivity contribution in [3.63, 3.8) is 0 Å². The lowest BCUT2D eigenvalue weighted by atomic mass is 9.63. The quantitative estimate of drug-likeness (QED) is 0.339. The van der Waals surface area contributed by atoms with Crippen LogP contribution in [0.25, 0.3) is 0 Å². The van der Waals surface area contributed by atoms with Crippen molar-refractivity contribution in [2.45, 2.75) is 68.4 Å². The van der Waals surface area contributed by atoms with Crippen LogP contribution in [0, 0.1) is 11.3 Å². The van der Waals surface area contributed by atoms with Gasteiger partial charge in [-0.2, -0.15) is 36.7 Å². The number of ether oxygens (including phenoxy) is 1. The Labute approximate surface area is 220 Å². The summed E-state index contributed by atoms with van der Waals surface area (Å²) in [5.41, 5.74) is -4.02. The Balaban J connectivity index is 1.63. The highest BCUT2D eigenvalue weighted by molar-refractivity contribution is 5.35. The number of halogens is 6. The molecule has 1 aliphatic carbocycles. The predicted molar refractivity (Wildman–Crippen MR) is 128 cm³/mol. The van der Waals surface area contributed by atoms with Gasteiger partial charge in [0.2, 0.25) is 0 Å². The van der Waals surface area contributed by atoms with Crippen molar-refractivity contribution in [1.29, 1.82) is 5.26 Å². The predicted octanol–water partition coefficient (Wildman–Crippen LogP) is 6.51. The van der Waals surface area contributed by atoms with Crippen molar-refractivity contribution in [1.82, 2.24) is 14.8 Å². The minimum atomic E-state index is -4.96. The highest BCUT2D eigenvalue weighted by atomic mass is 19.4. The fourth-order valence-electron chi connectivity index (χ4n) is 5.33. The molecule has 0 bridgehead atoms. The molecule has 0 amide bonds. The zero-order valence-electron chi connectivity index (χ0n) is 20.9. The molecule has 1 aliphatic rings. The molecule has 3 aromatic rings. The van der Waals surface area contributed by atoms with E-state index in [1.807, 2.05) is 30.3 Å². The van der Waals surface area contributed by atoms with Gasteiger partial charge in [0.25, 0.3) is 0 Å². The van der Waals surface area contributed by atoms with Crippen LogP contribution in [0.1, 0.15) is 67.4 Å². The lowest BCUT2D eigenvalue weighted by Crippen LogP contribution is -2.48. The number of nitriles is 1. The molecule has 0 aliphatic heterocycles. The Bertz CT molecular complexity index is 1350. The number of nitrogens with one attached hydrogen (secondary N) is 1. The summed E-state index contributed by atoms with van der Waals surface area (Å²) in [6.07, 6.45) is -7.82. The number of H-pyrrole nitrogens is 1. The molecule has 1 atom stereocenters. The SMILES string of the molecule is C[C@@H](OCC1(c2ccccc2)CCC(CC#N)(n2cn[nH]c2=O)CC1)c1cc(C(F)(F)F)cc(C(F)(F)F)c1. The number of hydrogen-bond donors (Lipinski definition) is 1. The lowest BCUT2D eigenvalue weighted by Gasteiger charge is -2.46. The fourth-order valence-corrected chi connectivity index (χ4v) is 5.33. The normalized spacial score (nSPS) is 22.8. The molecular weight excluding hydrogens is 526 g/mol. The van der Waals surface area contributed by atoms with Crippen molar-refractivity contribution in [2.24, 2.45) is 0 Å². The fraction of sp³-hybridized carbons (Fsp3) is 0.444. The van der Waals surface area contributed by atoms with E-state index in [0.29, 0.717) is 37.8 Å². The van der Waals surface area contributed by atoms with E-state index < -0.39 is 46.2 Å². The molecule has 1 N–H and O–H groups in total. The van der Waals surface area contributed by atoms with Crippen molar-refractivity contribution in [2.75, 3.05) is 6.61 Å². The van der Waals surface area contributed by atoms with E-state index in [1.165, 1.54) is 17.8 Å². The largest absolute Gasteiger partial charge is 0.416 e. The molecule has 4 rings (SSSR count). The molecule has 1 heterocycles. The monoisotopic (exact) mass is 552 g/mol. The van der Waals surface area contributed by atoms with Crippen LogP contribution in [0.2, 0.25) is 0 Å². The van der Waals surface area contributed by atoms with Gasteiger partial charge >= 0.3 is 18.0 Å². The summed E-state index contributed by atoms with van der Waals surface area (Å²) in [6.45, 7) is 1.43. The molecule has 6 nitrogen and oxygen atoms in total. The van der Waals surface area contributed by atoms with E-state index in [9.17, 15) is 36.4 Å². The highest BCUT2D eigenvalue weighted by Crippen LogP contribution is 2.48. The maximum Gasteiger partial charge on any atom is 0.416 e. The standard InChI is InChI=1S/C27H26F6N4O2/c1-18(19-13-21(26(28,29)30)15-22(14-19)27(31,32)33)39-16-24(20-5-3-2-4-6-20)7-9-25(10-8-24,11-12-34)37-17-35-36-23(37)38/h2-6,13-15,17-18H,7-11,16H2,1H3,(H,36,38)/t18-,24?,25?/m1/s1. The Morgan fingerprint density at radius 1 is 1.03 bits per heavy atom. The van der Waals surface area contributed by atoms with Gasteiger partial charge in [0.1, 0.15) is 6.33 Å². The Morgan fingerprint density at radius 2 is 1.62 bits per heavy atom. The van der Waals surface area contributed by atoms with E-state index in [2.05, 4.69) is 16.3 Å². The van der Waals surface area contributed by atoms with Crippen LogP contribution in [0.4, 0.5) is 26.3 Å². The van der Waals surface area contributed by atoms with Crippen LogP contribution in [0.15, 0.2) is 59.7 Å². The zero-order valence-corrected chi connectivity index (χ0v) is 20.9. The van der Waals surface area contributed by atoms with Gasteiger partial charge in [-0.15, -0.1) is 0 Å². The first-order valence-electron chi connectivity index (χ1n) is 12.3. The van der Waals surface area contributed by atoms with E-state index in [1.54, 1.807) is 0 Å². The molecule has 2 aromatic carbocycles. The third-order valence-corrected chi connectivity index (χ3v) is 7.68. The summed E-state index contributed by atoms with van der Waals surface area (Å²) in [5, 5.41) is 15.6. The smallest absolute Gasteiger partial charge is 0.373 e. The molecule has 12 heteroatoms. The molecule has 0 radical (unpaired) electrons. The van der Waals surface area contributed by atoms with Gasteiger partial charge in [0.15, 0.2) is 0 Å². The molecule has 0 saturated heterocycles. The van der Waals surface area contributed by atoms with Crippen LogP contribution in [0.5, 0.6) is 0 Å². The minimum Gasteiger partial charge on any atom is -0.373 e. The zero-order chi connectivity index (χ0) is 28.5. The number of hydrogen-bond acceptors (Lipinski definition) is 4. The number of benzene rings is 2. The van der Waals surface area contributed by atoms with Gasteiger partial charge in [-0.3, -0.25) is 4.57 Å². The van der Waals surface area contributed by atoms with Crippen LogP contribution >= 0.6 is 0 Å². The van der Waals surface area contributed by atoms with E-state index >= 15 is 0 Å². The van der Waals surface area contributed by atoms with Crippen LogP contribution in [-0.4, -0.2) is 21.4 Å². The number of aromatic amines is 1. The second-order valence-electron chi connectivity index (χ2n) is 10.0. The number of nitrogens with zero attached hydrogens (tertiary/aromatic N) is 3. The van der Waals surface area contributed by atoms with E-state index in [0.717, 1.165) is 5.56 Å². The summed E-state index contributed by atoms with van der Waals surface area (Å²) < 4.78 is 87.7. The van der Waals surface area contributed by atoms with E-state index in [4.69, 9.17) is 4.74 Å². The first-order valence-corrected chi connectivity index (χ1v) is 12.3. The Morgan fingerprint density at radius 3 is 2.10 bits per heavy atom. The lowest BCUT2D eigenvalue weighted by molar-refractivity contribution is -0.143. The van der Waals surface area contributed by atoms with Crippen molar-refractivity contribution >= 4 is 0 Å². The van der Waals surface area contributed by atoms with Gasteiger partial charge in [0, 0.05) is 5.41 Å². The molecule has 39 heavy (non-hydrogen) atoms. The topological polar surface area (TPSA) is 83.7 Å². The first-order chi connectivity index (χ1) is 18.3. The maximum atomic E-state index is 13.4. The molecule has 1 fully saturated rings. The van der Waals surface area contributed by atoms with Gasteiger partial charge in [-0.1, -0.05) is 30.3 Å². The second-order valence-corrected chi connectivity index (χ2v) is 10.0. The molecular formula is C27H26F6N4O2. The number of aromatic nitrogens is 3. The van der Waals surface area contributed by atoms with E-state index in [-0.39, 0.29) is 24.7 Å². The van der Waals surface area contributed by atoms with Gasteiger partial charge in [-0.25, -0.2) is 9.89 Å². The average Bonchev–Trinajstić information content (AvgIpc) is 3.34. The number of alkyl halides is 6. The Kier molecular flexibility index (Phi) is 7.67. The third kappa shape index (κ3) is 5.88. The highest BCUT2D eigenvalue weighted by Gasteiger charge is 2.46. The summed E-state index contributed by atoms with van der Waals surface area (Å²) in [5.74, 6) is 0. The molecule has 208 valence electrons. The molecule has 1 aromatic heterocycles. The van der Waals surface area contributed by atoms with Crippen LogP contribution in [-0.2, 0) is 28.0 Å². The van der Waals surface area contributed by atoms with Gasteiger partial charge < -0.3 is 4.74 Å². The Hall–Kier alpha value is -3.59. The van der Waals surface area contributed by atoms with Crippen molar-refractivity contribution in [3.05, 3.63) is 87.6 Å². The van der Waals surface area contributed by atoms with Crippen molar-refractivity contribution in [3.8, 4) is 6.07 Å². The second kappa shape index (κ2) is 10.5.